The fourth-order valence-electron chi connectivity index (χ4n) is 4.11. The molecule has 2 heterocycles. The van der Waals surface area contributed by atoms with Gasteiger partial charge in [-0.1, -0.05) is 30.4 Å². The first-order valence-electron chi connectivity index (χ1n) is 11.4. The van der Waals surface area contributed by atoms with Crippen molar-refractivity contribution in [3.05, 3.63) is 41.5 Å². The van der Waals surface area contributed by atoms with E-state index >= 15 is 0 Å². The summed E-state index contributed by atoms with van der Waals surface area (Å²) in [5, 5.41) is 0.683. The fraction of sp³-hybridized carbons (Fsp3) is 0.440. The number of ether oxygens (including phenoxy) is 4. The third-order valence-corrected chi connectivity index (χ3v) is 7.05. The van der Waals surface area contributed by atoms with Crippen LogP contribution in [0.5, 0.6) is 17.2 Å². The van der Waals surface area contributed by atoms with Gasteiger partial charge >= 0.3 is 0 Å². The second kappa shape index (κ2) is 12.4. The number of carbonyl (C=O) groups excluding carboxylic acids is 1. The van der Waals surface area contributed by atoms with Crippen LogP contribution in [0.3, 0.4) is 0 Å². The number of carbonyl (C=O) groups is 1. The van der Waals surface area contributed by atoms with Gasteiger partial charge in [0.05, 0.1) is 44.8 Å². The normalized spacial score (nSPS) is 13.8. The quantitative estimate of drug-likeness (QED) is 0.416. The molecule has 0 radical (unpaired) electrons. The Kier molecular flexibility index (Phi) is 9.56. The SMILES string of the molecule is CCc1cccc2sc(N(CCN3CCOCC3)C(=O)c3cc(OC)c(OC)c(OC)c3)nc12.Cl. The monoisotopic (exact) mass is 521 g/mol. The van der Waals surface area contributed by atoms with Crippen LogP contribution >= 0.6 is 23.7 Å². The smallest absolute Gasteiger partial charge is 0.260 e. The van der Waals surface area contributed by atoms with Crippen molar-refractivity contribution >= 4 is 45.0 Å². The average molecular weight is 522 g/mol. The zero-order valence-electron chi connectivity index (χ0n) is 20.5. The first-order chi connectivity index (χ1) is 16.6. The molecule has 0 bridgehead atoms. The average Bonchev–Trinajstić information content (AvgIpc) is 3.32. The molecule has 1 aliphatic rings. The molecule has 0 saturated carbocycles. The van der Waals surface area contributed by atoms with Crippen LogP contribution in [0.25, 0.3) is 10.2 Å². The summed E-state index contributed by atoms with van der Waals surface area (Å²) in [4.78, 5) is 22.9. The lowest BCUT2D eigenvalue weighted by Gasteiger charge is -2.29. The second-order valence-electron chi connectivity index (χ2n) is 7.94. The maximum Gasteiger partial charge on any atom is 0.260 e. The molecule has 0 atom stereocenters. The van der Waals surface area contributed by atoms with Crippen LogP contribution in [0.15, 0.2) is 30.3 Å². The van der Waals surface area contributed by atoms with Crippen LogP contribution in [0, 0.1) is 0 Å². The molecule has 190 valence electrons. The van der Waals surface area contributed by atoms with Crippen LogP contribution in [-0.4, -0.2) is 76.5 Å². The van der Waals surface area contributed by atoms with Gasteiger partial charge in [-0.3, -0.25) is 14.6 Å². The number of thiazole rings is 1. The van der Waals surface area contributed by atoms with E-state index in [0.29, 0.717) is 47.7 Å². The number of morpholine rings is 1. The molecule has 0 aliphatic carbocycles. The summed E-state index contributed by atoms with van der Waals surface area (Å²) in [6.45, 7) is 6.49. The van der Waals surface area contributed by atoms with Crippen LogP contribution in [0.2, 0.25) is 0 Å². The molecular formula is C25H32ClN3O5S. The third kappa shape index (κ3) is 5.81. The summed E-state index contributed by atoms with van der Waals surface area (Å²) < 4.78 is 22.9. The zero-order valence-corrected chi connectivity index (χ0v) is 22.2. The van der Waals surface area contributed by atoms with E-state index in [4.69, 9.17) is 23.9 Å². The minimum Gasteiger partial charge on any atom is -0.493 e. The van der Waals surface area contributed by atoms with E-state index in [2.05, 4.69) is 24.0 Å². The molecule has 1 amide bonds. The lowest BCUT2D eigenvalue weighted by Crippen LogP contribution is -2.43. The minimum absolute atomic E-state index is 0. The molecule has 0 N–H and O–H groups in total. The lowest BCUT2D eigenvalue weighted by molar-refractivity contribution is 0.0391. The number of hydrogen-bond donors (Lipinski definition) is 0. The van der Waals surface area contributed by atoms with Crippen molar-refractivity contribution in [2.45, 2.75) is 13.3 Å². The van der Waals surface area contributed by atoms with E-state index < -0.39 is 0 Å². The highest BCUT2D eigenvalue weighted by atomic mass is 35.5. The molecule has 4 rings (SSSR count). The van der Waals surface area contributed by atoms with Crippen molar-refractivity contribution in [1.29, 1.82) is 0 Å². The highest BCUT2D eigenvalue weighted by Crippen LogP contribution is 2.39. The first-order valence-corrected chi connectivity index (χ1v) is 12.2. The van der Waals surface area contributed by atoms with Crippen molar-refractivity contribution in [2.75, 3.05) is 65.6 Å². The van der Waals surface area contributed by atoms with Gasteiger partial charge in [0.1, 0.15) is 0 Å². The maximum absolute atomic E-state index is 13.9. The Morgan fingerprint density at radius 1 is 1.11 bits per heavy atom. The Balaban J connectivity index is 0.00000342. The highest BCUT2D eigenvalue weighted by molar-refractivity contribution is 7.22. The maximum atomic E-state index is 13.9. The van der Waals surface area contributed by atoms with Gasteiger partial charge in [-0.25, -0.2) is 4.98 Å². The summed E-state index contributed by atoms with van der Waals surface area (Å²) in [6.07, 6.45) is 0.884. The Hall–Kier alpha value is -2.59. The van der Waals surface area contributed by atoms with E-state index in [9.17, 15) is 4.79 Å². The molecule has 0 spiro atoms. The third-order valence-electron chi connectivity index (χ3n) is 6.00. The van der Waals surface area contributed by atoms with Gasteiger partial charge in [-0.15, -0.1) is 12.4 Å². The van der Waals surface area contributed by atoms with Crippen LogP contribution in [0.4, 0.5) is 5.13 Å². The number of methoxy groups -OCH3 is 3. The number of halogens is 1. The molecule has 8 nitrogen and oxygen atoms in total. The van der Waals surface area contributed by atoms with Crippen LogP contribution in [0.1, 0.15) is 22.8 Å². The molecule has 2 aromatic carbocycles. The summed E-state index contributed by atoms with van der Waals surface area (Å²) in [5.74, 6) is 1.17. The van der Waals surface area contributed by atoms with Crippen molar-refractivity contribution in [1.82, 2.24) is 9.88 Å². The van der Waals surface area contributed by atoms with E-state index in [1.807, 2.05) is 6.07 Å². The number of fused-ring (bicyclic) bond motifs is 1. The molecule has 1 aliphatic heterocycles. The Labute approximate surface area is 216 Å². The standard InChI is InChI=1S/C25H31N3O5S.ClH/c1-5-17-7-6-8-21-22(17)26-25(34-21)28(10-9-27-11-13-33-14-12-27)24(29)18-15-19(30-2)23(32-4)20(16-18)31-3;/h6-8,15-16H,5,9-14H2,1-4H3;1H. The molecule has 35 heavy (non-hydrogen) atoms. The summed E-state index contributed by atoms with van der Waals surface area (Å²) in [7, 11) is 4.63. The number of benzene rings is 2. The topological polar surface area (TPSA) is 73.4 Å². The predicted octanol–water partition coefficient (Wildman–Crippen LogP) is 4.29. The second-order valence-corrected chi connectivity index (χ2v) is 8.95. The van der Waals surface area contributed by atoms with Crippen molar-refractivity contribution in [3.63, 3.8) is 0 Å². The highest BCUT2D eigenvalue weighted by Gasteiger charge is 2.26. The van der Waals surface area contributed by atoms with Gasteiger partial charge in [0.2, 0.25) is 5.75 Å². The zero-order chi connectivity index (χ0) is 24.1. The molecule has 0 unspecified atom stereocenters. The van der Waals surface area contributed by atoms with Crippen LogP contribution < -0.4 is 19.1 Å². The number of para-hydroxylation sites is 1. The summed E-state index contributed by atoms with van der Waals surface area (Å²) >= 11 is 1.54. The van der Waals surface area contributed by atoms with Gasteiger partial charge in [0, 0.05) is 31.7 Å². The van der Waals surface area contributed by atoms with Crippen molar-refractivity contribution < 1.29 is 23.7 Å². The minimum atomic E-state index is -0.162. The van der Waals surface area contributed by atoms with E-state index in [1.54, 1.807) is 38.4 Å². The fourth-order valence-corrected chi connectivity index (χ4v) is 5.14. The molecule has 10 heteroatoms. The number of aryl methyl sites for hydroxylation is 1. The van der Waals surface area contributed by atoms with Gasteiger partial charge in [-0.05, 0) is 30.2 Å². The molecule has 1 saturated heterocycles. The van der Waals surface area contributed by atoms with Crippen LogP contribution in [-0.2, 0) is 11.2 Å². The van der Waals surface area contributed by atoms with Gasteiger partial charge in [0.15, 0.2) is 16.6 Å². The number of anilines is 1. The molecule has 3 aromatic rings. The molecular weight excluding hydrogens is 490 g/mol. The Bertz CT molecular complexity index is 1120. The summed E-state index contributed by atoms with van der Waals surface area (Å²) in [6, 6.07) is 9.57. The first kappa shape index (κ1) is 27.0. The molecule has 1 aromatic heterocycles. The van der Waals surface area contributed by atoms with E-state index in [1.165, 1.54) is 16.9 Å². The van der Waals surface area contributed by atoms with E-state index in [0.717, 1.165) is 36.3 Å². The number of hydrogen-bond acceptors (Lipinski definition) is 8. The van der Waals surface area contributed by atoms with Gasteiger partial charge < -0.3 is 18.9 Å². The lowest BCUT2D eigenvalue weighted by atomic mass is 10.1. The summed E-state index contributed by atoms with van der Waals surface area (Å²) in [5.41, 5.74) is 2.58. The largest absolute Gasteiger partial charge is 0.493 e. The van der Waals surface area contributed by atoms with Gasteiger partial charge in [-0.2, -0.15) is 0 Å². The number of rotatable bonds is 9. The predicted molar refractivity (Wildman–Crippen MR) is 141 cm³/mol. The molecule has 1 fully saturated rings. The number of aromatic nitrogens is 1. The van der Waals surface area contributed by atoms with Crippen molar-refractivity contribution in [2.24, 2.45) is 0 Å². The van der Waals surface area contributed by atoms with Gasteiger partial charge in [0.25, 0.3) is 5.91 Å². The van der Waals surface area contributed by atoms with E-state index in [-0.39, 0.29) is 18.3 Å². The number of nitrogens with zero attached hydrogens (tertiary/aromatic N) is 3. The Morgan fingerprint density at radius 2 is 1.80 bits per heavy atom. The van der Waals surface area contributed by atoms with Crippen molar-refractivity contribution in [3.8, 4) is 17.2 Å². The Morgan fingerprint density at radius 3 is 2.40 bits per heavy atom. The number of amides is 1.